The molecule has 0 bridgehead atoms. The molecular formula is C14H21NO5S. The zero-order valence-corrected chi connectivity index (χ0v) is 13.5. The van der Waals surface area contributed by atoms with Crippen LogP contribution in [0.1, 0.15) is 31.1 Å². The van der Waals surface area contributed by atoms with Gasteiger partial charge in [-0.05, 0) is 32.9 Å². The van der Waals surface area contributed by atoms with Crippen LogP contribution >= 0.6 is 0 Å². The summed E-state index contributed by atoms with van der Waals surface area (Å²) in [5.41, 5.74) is 6.18. The van der Waals surface area contributed by atoms with E-state index in [0.29, 0.717) is 5.69 Å². The first-order chi connectivity index (χ1) is 9.60. The quantitative estimate of drug-likeness (QED) is 0.655. The molecule has 21 heavy (non-hydrogen) atoms. The van der Waals surface area contributed by atoms with E-state index >= 15 is 0 Å². The van der Waals surface area contributed by atoms with Gasteiger partial charge >= 0.3 is 5.97 Å². The van der Waals surface area contributed by atoms with Gasteiger partial charge in [0.05, 0.1) is 23.3 Å². The molecule has 1 rings (SSSR count). The molecule has 6 nitrogen and oxygen atoms in total. The maximum Gasteiger partial charge on any atom is 0.342 e. The highest BCUT2D eigenvalue weighted by atomic mass is 32.2. The van der Waals surface area contributed by atoms with Crippen LogP contribution in [0.25, 0.3) is 0 Å². The smallest absolute Gasteiger partial charge is 0.342 e. The highest BCUT2D eigenvalue weighted by Gasteiger charge is 2.29. The molecule has 2 N–H and O–H groups in total. The van der Waals surface area contributed by atoms with Crippen molar-refractivity contribution in [1.29, 1.82) is 0 Å². The van der Waals surface area contributed by atoms with Crippen LogP contribution in [-0.4, -0.2) is 38.6 Å². The van der Waals surface area contributed by atoms with Crippen LogP contribution in [-0.2, 0) is 14.6 Å². The van der Waals surface area contributed by atoms with Gasteiger partial charge in [0, 0.05) is 0 Å². The third kappa shape index (κ3) is 4.10. The topological polar surface area (TPSA) is 95.7 Å². The number of sulfone groups is 1. The first-order valence-corrected chi connectivity index (χ1v) is 8.07. The van der Waals surface area contributed by atoms with E-state index in [1.807, 2.05) is 0 Å². The van der Waals surface area contributed by atoms with Crippen LogP contribution in [0.3, 0.4) is 0 Å². The maximum absolute atomic E-state index is 12.0. The van der Waals surface area contributed by atoms with E-state index in [2.05, 4.69) is 0 Å². The van der Waals surface area contributed by atoms with E-state index in [1.54, 1.807) is 32.9 Å². The Hall–Kier alpha value is -1.76. The lowest BCUT2D eigenvalue weighted by molar-refractivity contribution is 0.0525. The van der Waals surface area contributed by atoms with E-state index < -0.39 is 20.6 Å². The number of rotatable bonds is 5. The Morgan fingerprint density at radius 2 is 1.90 bits per heavy atom. The molecule has 0 atom stereocenters. The number of carbonyl (C=O) groups is 1. The number of carbonyl (C=O) groups excluding carboxylic acids is 1. The van der Waals surface area contributed by atoms with Crippen LogP contribution < -0.4 is 10.5 Å². The predicted octanol–water partition coefficient (Wildman–Crippen LogP) is 1.65. The van der Waals surface area contributed by atoms with Gasteiger partial charge in [-0.25, -0.2) is 13.2 Å². The third-order valence-corrected chi connectivity index (χ3v) is 5.56. The number of nitrogens with two attached hydrogens (primary N) is 1. The number of esters is 1. The number of hydrogen-bond donors (Lipinski definition) is 1. The predicted molar refractivity (Wildman–Crippen MR) is 81.2 cm³/mol. The van der Waals surface area contributed by atoms with Crippen LogP contribution in [0.4, 0.5) is 5.69 Å². The first kappa shape index (κ1) is 17.3. The minimum atomic E-state index is -3.33. The van der Waals surface area contributed by atoms with Crippen LogP contribution in [0.5, 0.6) is 5.75 Å². The second-order valence-electron chi connectivity index (χ2n) is 5.50. The van der Waals surface area contributed by atoms with Crippen LogP contribution in [0.2, 0.25) is 0 Å². The Morgan fingerprint density at radius 1 is 1.29 bits per heavy atom. The number of hydrogen-bond acceptors (Lipinski definition) is 6. The Labute approximate surface area is 125 Å². The van der Waals surface area contributed by atoms with E-state index in [-0.39, 0.29) is 23.7 Å². The molecule has 1 aromatic carbocycles. The lowest BCUT2D eigenvalue weighted by atomic mass is 10.2. The summed E-state index contributed by atoms with van der Waals surface area (Å²) in [6, 6.07) is 4.70. The summed E-state index contributed by atoms with van der Waals surface area (Å²) >= 11 is 0. The molecule has 0 spiro atoms. The molecule has 0 saturated carbocycles. The first-order valence-electron chi connectivity index (χ1n) is 6.42. The van der Waals surface area contributed by atoms with E-state index in [4.69, 9.17) is 15.2 Å². The van der Waals surface area contributed by atoms with Gasteiger partial charge in [0.15, 0.2) is 15.6 Å². The largest absolute Gasteiger partial charge is 0.494 e. The van der Waals surface area contributed by atoms with Crippen molar-refractivity contribution in [2.24, 2.45) is 0 Å². The maximum atomic E-state index is 12.0. The van der Waals surface area contributed by atoms with Crippen molar-refractivity contribution in [2.45, 2.75) is 25.5 Å². The molecule has 0 saturated heterocycles. The minimum Gasteiger partial charge on any atom is -0.494 e. The highest BCUT2D eigenvalue weighted by Crippen LogP contribution is 2.26. The van der Waals surface area contributed by atoms with E-state index in [1.165, 1.54) is 13.2 Å². The average Bonchev–Trinajstić information content (AvgIpc) is 2.36. The molecule has 0 aromatic heterocycles. The Morgan fingerprint density at radius 3 is 2.43 bits per heavy atom. The van der Waals surface area contributed by atoms with Crippen molar-refractivity contribution in [2.75, 3.05) is 25.2 Å². The van der Waals surface area contributed by atoms with Crippen molar-refractivity contribution in [3.63, 3.8) is 0 Å². The van der Waals surface area contributed by atoms with Crippen molar-refractivity contribution in [3.8, 4) is 5.75 Å². The molecule has 0 aliphatic carbocycles. The number of benzene rings is 1. The molecule has 7 heteroatoms. The minimum absolute atomic E-state index is 0.172. The van der Waals surface area contributed by atoms with Gasteiger partial charge in [-0.1, -0.05) is 6.07 Å². The molecule has 0 unspecified atom stereocenters. The monoisotopic (exact) mass is 315 g/mol. The van der Waals surface area contributed by atoms with Gasteiger partial charge in [-0.2, -0.15) is 0 Å². The summed E-state index contributed by atoms with van der Waals surface area (Å²) < 4.78 is 33.0. The van der Waals surface area contributed by atoms with Gasteiger partial charge in [0.2, 0.25) is 0 Å². The molecule has 1 aromatic rings. The van der Waals surface area contributed by atoms with Crippen molar-refractivity contribution in [3.05, 3.63) is 23.8 Å². The van der Waals surface area contributed by atoms with Crippen molar-refractivity contribution < 1.29 is 22.7 Å². The van der Waals surface area contributed by atoms with Gasteiger partial charge in [-0.3, -0.25) is 0 Å². The molecule has 0 aliphatic heterocycles. The lowest BCUT2D eigenvalue weighted by Gasteiger charge is -2.19. The molecular weight excluding hydrogens is 294 g/mol. The fourth-order valence-electron chi connectivity index (χ4n) is 1.57. The van der Waals surface area contributed by atoms with Gasteiger partial charge in [0.1, 0.15) is 12.2 Å². The summed E-state index contributed by atoms with van der Waals surface area (Å²) in [6.07, 6.45) is 0. The Bertz CT molecular complexity index is 617. The highest BCUT2D eigenvalue weighted by molar-refractivity contribution is 7.92. The molecule has 0 fully saturated rings. The normalized spacial score (nSPS) is 12.0. The lowest BCUT2D eigenvalue weighted by Crippen LogP contribution is -2.32. The third-order valence-electron chi connectivity index (χ3n) is 2.99. The van der Waals surface area contributed by atoms with Gasteiger partial charge in [-0.15, -0.1) is 0 Å². The molecule has 0 heterocycles. The second kappa shape index (κ2) is 6.34. The zero-order chi connectivity index (χ0) is 16.3. The van der Waals surface area contributed by atoms with Gasteiger partial charge in [0.25, 0.3) is 0 Å². The molecule has 0 radical (unpaired) electrons. The van der Waals surface area contributed by atoms with Gasteiger partial charge < -0.3 is 15.2 Å². The number of nitrogen functional groups attached to an aromatic ring is 1. The molecule has 0 aliphatic rings. The summed E-state index contributed by atoms with van der Waals surface area (Å²) in [5, 5.41) is 0. The molecule has 118 valence electrons. The average molecular weight is 315 g/mol. The van der Waals surface area contributed by atoms with Crippen molar-refractivity contribution in [1.82, 2.24) is 0 Å². The molecule has 0 amide bonds. The number of ether oxygens (including phenoxy) is 2. The fraction of sp³-hybridized carbons (Fsp3) is 0.500. The summed E-state index contributed by atoms with van der Waals surface area (Å²) in [4.78, 5) is 12.0. The summed E-state index contributed by atoms with van der Waals surface area (Å²) in [6.45, 7) is 4.59. The van der Waals surface area contributed by atoms with Crippen LogP contribution in [0, 0.1) is 0 Å². The second-order valence-corrected chi connectivity index (χ2v) is 8.36. The Kier molecular flexibility index (Phi) is 5.22. The van der Waals surface area contributed by atoms with E-state index in [0.717, 1.165) is 0 Å². The fourth-order valence-corrected chi connectivity index (χ4v) is 2.49. The number of anilines is 1. The summed E-state index contributed by atoms with van der Waals surface area (Å²) in [7, 11) is -1.94. The summed E-state index contributed by atoms with van der Waals surface area (Å²) in [5.74, 6) is -0.670. The van der Waals surface area contributed by atoms with E-state index in [9.17, 15) is 13.2 Å². The number of para-hydroxylation sites is 1. The van der Waals surface area contributed by atoms with Crippen LogP contribution in [0.15, 0.2) is 18.2 Å². The van der Waals surface area contributed by atoms with Crippen molar-refractivity contribution >= 4 is 21.5 Å². The SMILES string of the molecule is COc1c(N)cccc1C(=O)OCCS(=O)(=O)C(C)(C)C. The Balaban J connectivity index is 2.75. The standard InChI is InChI=1S/C14H21NO5S/c1-14(2,3)21(17,18)9-8-20-13(16)10-6-5-7-11(15)12(10)19-4/h5-7H,8-9,15H2,1-4H3. The zero-order valence-electron chi connectivity index (χ0n) is 12.7. The number of methoxy groups -OCH3 is 1.